The molecule has 1 amide bonds. The molecule has 15 nitrogen and oxygen atoms in total. The second kappa shape index (κ2) is 17.2. The number of benzene rings is 3. The lowest BCUT2D eigenvalue weighted by Crippen LogP contribution is -2.47. The van der Waals surface area contributed by atoms with Crippen molar-refractivity contribution in [3.63, 3.8) is 0 Å². The average molecular weight is 854 g/mol. The Hall–Kier alpha value is -5.52. The maximum atomic E-state index is 13.9. The summed E-state index contributed by atoms with van der Waals surface area (Å²) in [6.45, 7) is 11.2. The van der Waals surface area contributed by atoms with E-state index in [9.17, 15) is 23.3 Å². The highest BCUT2D eigenvalue weighted by molar-refractivity contribution is 7.90. The predicted octanol–water partition coefficient (Wildman–Crippen LogP) is 7.05. The summed E-state index contributed by atoms with van der Waals surface area (Å²) in [5, 5.41) is 18.6. The highest BCUT2D eigenvalue weighted by atomic mass is 35.5. The number of nitro benzene ring substituents is 1. The van der Waals surface area contributed by atoms with E-state index in [0.717, 1.165) is 74.1 Å². The van der Waals surface area contributed by atoms with E-state index >= 15 is 0 Å². The van der Waals surface area contributed by atoms with E-state index in [2.05, 4.69) is 61.2 Å². The fraction of sp³-hybridized carbons (Fsp3) is 0.349. The molecular weight excluding hydrogens is 806 g/mol. The number of nitro groups is 1. The van der Waals surface area contributed by atoms with Gasteiger partial charge in [0.1, 0.15) is 22.8 Å². The van der Waals surface area contributed by atoms with Crippen molar-refractivity contribution in [3.05, 3.63) is 117 Å². The van der Waals surface area contributed by atoms with Gasteiger partial charge in [-0.25, -0.2) is 23.1 Å². The van der Waals surface area contributed by atoms with Crippen LogP contribution in [0.3, 0.4) is 0 Å². The van der Waals surface area contributed by atoms with Crippen LogP contribution in [0.25, 0.3) is 16.6 Å². The molecule has 60 heavy (non-hydrogen) atoms. The Kier molecular flexibility index (Phi) is 11.8. The number of fused-ring (bicyclic) bond motifs is 1. The number of amides is 1. The fourth-order valence-corrected chi connectivity index (χ4v) is 9.20. The molecule has 0 unspecified atom stereocenters. The lowest BCUT2D eigenvalue weighted by Gasteiger charge is -2.39. The molecule has 1 aliphatic carbocycles. The highest BCUT2D eigenvalue weighted by Crippen LogP contribution is 2.43. The van der Waals surface area contributed by atoms with Gasteiger partial charge >= 0.3 is 0 Å². The van der Waals surface area contributed by atoms with Crippen LogP contribution in [0, 0.1) is 15.5 Å². The van der Waals surface area contributed by atoms with Crippen LogP contribution >= 0.6 is 11.6 Å². The molecule has 2 aromatic heterocycles. The lowest BCUT2D eigenvalue weighted by molar-refractivity contribution is -0.384. The number of halogens is 1. The molecule has 0 bridgehead atoms. The Balaban J connectivity index is 1.01. The SMILES string of the molecule is CC1(C)CCC(CN2CCN(c3ccc(C(=O)NS(=O)(=O)c4ccc(NN5CCNCC5)c([N+](=O)[O-])c4)c(Oc4cnc5[nH]ccc5c4)c3)CC2)=C(c2ccc(Cl)cc2)C1. The first-order valence-corrected chi connectivity index (χ1v) is 21.9. The Bertz CT molecular complexity index is 2550. The van der Waals surface area contributed by atoms with Crippen molar-refractivity contribution in [1.29, 1.82) is 0 Å². The number of pyridine rings is 1. The minimum Gasteiger partial charge on any atom is -0.455 e. The highest BCUT2D eigenvalue weighted by Gasteiger charge is 2.31. The van der Waals surface area contributed by atoms with Crippen molar-refractivity contribution < 1.29 is 22.9 Å². The van der Waals surface area contributed by atoms with E-state index in [1.54, 1.807) is 30.5 Å². The van der Waals surface area contributed by atoms with Crippen molar-refractivity contribution in [2.45, 2.75) is 38.0 Å². The molecule has 0 radical (unpaired) electrons. The number of hydrogen-bond donors (Lipinski definition) is 4. The number of aromatic nitrogens is 2. The molecule has 5 aromatic rings. The summed E-state index contributed by atoms with van der Waals surface area (Å²) in [5.74, 6) is -0.476. The van der Waals surface area contributed by atoms with Crippen molar-refractivity contribution in [2.24, 2.45) is 5.41 Å². The summed E-state index contributed by atoms with van der Waals surface area (Å²) in [6, 6.07) is 20.4. The van der Waals surface area contributed by atoms with Crippen molar-refractivity contribution in [3.8, 4) is 11.5 Å². The molecule has 4 N–H and O–H groups in total. The maximum Gasteiger partial charge on any atom is 0.295 e. The molecule has 8 rings (SSSR count). The number of anilines is 2. The number of hydrogen-bond acceptors (Lipinski definition) is 12. The topological polar surface area (TPSA) is 178 Å². The van der Waals surface area contributed by atoms with Crippen LogP contribution in [-0.4, -0.2) is 98.0 Å². The number of rotatable bonds is 12. The number of H-pyrrole nitrogens is 1. The second-order valence-electron chi connectivity index (χ2n) is 16.3. The van der Waals surface area contributed by atoms with Crippen LogP contribution in [-0.2, 0) is 10.0 Å². The molecule has 2 saturated heterocycles. The van der Waals surface area contributed by atoms with Crippen LogP contribution in [0.5, 0.6) is 11.5 Å². The standard InChI is InChI=1S/C43H48ClN9O6S/c1-43(2)13-11-31(37(26-43)29-3-5-32(44)6-4-29)28-50-19-21-51(22-20-50)33-7-9-36(40(24-33)59-34-23-30-12-14-46-41(30)47-27-34)42(54)49-60(57,58)35-8-10-38(39(25-35)53(55)56)48-52-17-15-45-16-18-52/h3-10,12,14,23-25,27,45,48H,11,13,15-22,26,28H2,1-2H3,(H,46,47)(H,49,54). The normalized spacial score (nSPS) is 17.8. The third-order valence-electron chi connectivity index (χ3n) is 11.4. The number of aromatic amines is 1. The molecule has 3 aliphatic rings. The third-order valence-corrected chi connectivity index (χ3v) is 13.0. The second-order valence-corrected chi connectivity index (χ2v) is 18.4. The molecule has 3 aromatic carbocycles. The Morgan fingerprint density at radius 2 is 1.75 bits per heavy atom. The van der Waals surface area contributed by atoms with Gasteiger partial charge in [-0.05, 0) is 84.3 Å². The third kappa shape index (κ3) is 9.42. The van der Waals surface area contributed by atoms with Crippen LogP contribution < -0.4 is 25.1 Å². The number of allylic oxidation sites excluding steroid dienone is 1. The minimum atomic E-state index is -4.56. The Labute approximate surface area is 353 Å². The minimum absolute atomic E-state index is 0.0384. The molecule has 17 heteroatoms. The molecule has 4 heterocycles. The van der Waals surface area contributed by atoms with Crippen LogP contribution in [0.15, 0.2) is 95.7 Å². The number of nitrogens with zero attached hydrogens (tertiary/aromatic N) is 5. The number of carbonyl (C=O) groups excluding carboxylic acids is 1. The van der Waals surface area contributed by atoms with E-state index in [-0.39, 0.29) is 22.4 Å². The smallest absolute Gasteiger partial charge is 0.295 e. The number of nitrogens with one attached hydrogen (secondary N) is 4. The first-order valence-electron chi connectivity index (χ1n) is 20.1. The predicted molar refractivity (Wildman–Crippen MR) is 233 cm³/mol. The van der Waals surface area contributed by atoms with E-state index in [4.69, 9.17) is 16.3 Å². The van der Waals surface area contributed by atoms with E-state index in [1.807, 2.05) is 23.2 Å². The van der Waals surface area contributed by atoms with Crippen molar-refractivity contribution in [1.82, 2.24) is 29.9 Å². The van der Waals surface area contributed by atoms with Gasteiger partial charge in [-0.1, -0.05) is 43.2 Å². The summed E-state index contributed by atoms with van der Waals surface area (Å²) >= 11 is 6.24. The summed E-state index contributed by atoms with van der Waals surface area (Å²) in [4.78, 5) is 37.0. The molecule has 314 valence electrons. The summed E-state index contributed by atoms with van der Waals surface area (Å²) < 4.78 is 35.7. The quantitative estimate of drug-likeness (QED) is 0.0744. The van der Waals surface area contributed by atoms with Gasteiger partial charge in [0.25, 0.3) is 21.6 Å². The van der Waals surface area contributed by atoms with Gasteiger partial charge < -0.3 is 25.4 Å². The molecule has 0 saturated carbocycles. The Morgan fingerprint density at radius 1 is 0.983 bits per heavy atom. The zero-order chi connectivity index (χ0) is 42.0. The molecule has 0 spiro atoms. The first-order chi connectivity index (χ1) is 28.8. The maximum absolute atomic E-state index is 13.9. The number of ether oxygens (including phenoxy) is 1. The molecule has 0 atom stereocenters. The van der Waals surface area contributed by atoms with E-state index in [0.29, 0.717) is 37.6 Å². The molecule has 2 aliphatic heterocycles. The number of hydrazine groups is 1. The van der Waals surface area contributed by atoms with Crippen molar-refractivity contribution >= 4 is 61.2 Å². The van der Waals surface area contributed by atoms with Gasteiger partial charge in [-0.3, -0.25) is 19.8 Å². The monoisotopic (exact) mass is 853 g/mol. The van der Waals surface area contributed by atoms with Gasteiger partial charge in [0.05, 0.1) is 21.6 Å². The largest absolute Gasteiger partial charge is 0.455 e. The van der Waals surface area contributed by atoms with E-state index < -0.39 is 31.4 Å². The summed E-state index contributed by atoms with van der Waals surface area (Å²) in [7, 11) is -4.56. The lowest BCUT2D eigenvalue weighted by atomic mass is 9.72. The van der Waals surface area contributed by atoms with Gasteiger partial charge in [-0.15, -0.1) is 0 Å². The number of sulfonamides is 1. The zero-order valence-corrected chi connectivity index (χ0v) is 35.1. The summed E-state index contributed by atoms with van der Waals surface area (Å²) in [6.07, 6.45) is 6.48. The van der Waals surface area contributed by atoms with Gasteiger partial charge in [0.2, 0.25) is 0 Å². The van der Waals surface area contributed by atoms with Crippen LogP contribution in [0.2, 0.25) is 5.02 Å². The number of piperazine rings is 2. The van der Waals surface area contributed by atoms with Crippen LogP contribution in [0.1, 0.15) is 49.0 Å². The van der Waals surface area contributed by atoms with Gasteiger partial charge in [-0.2, -0.15) is 0 Å². The Morgan fingerprint density at radius 3 is 2.50 bits per heavy atom. The summed E-state index contributed by atoms with van der Waals surface area (Å²) in [5.41, 5.74) is 8.49. The molecular formula is C43H48ClN9O6S. The average Bonchev–Trinajstić information content (AvgIpc) is 3.70. The zero-order valence-electron chi connectivity index (χ0n) is 33.5. The number of carbonyl (C=O) groups is 1. The van der Waals surface area contributed by atoms with Crippen molar-refractivity contribution in [2.75, 3.05) is 69.2 Å². The molecule has 2 fully saturated rings. The first kappa shape index (κ1) is 41.2. The van der Waals surface area contributed by atoms with Gasteiger partial charge in [0.15, 0.2) is 0 Å². The van der Waals surface area contributed by atoms with Gasteiger partial charge in [0, 0.05) is 93.3 Å². The van der Waals surface area contributed by atoms with E-state index in [1.165, 1.54) is 35.0 Å². The van der Waals surface area contributed by atoms with Crippen LogP contribution in [0.4, 0.5) is 17.1 Å². The fourth-order valence-electron chi connectivity index (χ4n) is 8.09.